The van der Waals surface area contributed by atoms with Gasteiger partial charge in [0.15, 0.2) is 6.54 Å². The zero-order valence-corrected chi connectivity index (χ0v) is 28.3. The molecular formula is C35H35F6N6O3S+. The highest BCUT2D eigenvalue weighted by Gasteiger charge is 2.66. The molecule has 4 heterocycles. The number of anilines is 1. The van der Waals surface area contributed by atoms with Crippen molar-refractivity contribution in [2.24, 2.45) is 0 Å². The summed E-state index contributed by atoms with van der Waals surface area (Å²) in [5.74, 6) is -3.75. The minimum absolute atomic E-state index is 0.297. The van der Waals surface area contributed by atoms with Crippen molar-refractivity contribution < 1.29 is 43.4 Å². The molecule has 0 radical (unpaired) electrons. The number of piperazine rings is 1. The lowest BCUT2D eigenvalue weighted by atomic mass is 10.1. The van der Waals surface area contributed by atoms with Gasteiger partial charge >= 0.3 is 28.2 Å². The van der Waals surface area contributed by atoms with E-state index in [4.69, 9.17) is 4.98 Å². The second kappa shape index (κ2) is 13.9. The zero-order chi connectivity index (χ0) is 36.6. The predicted octanol–water partition coefficient (Wildman–Crippen LogP) is 6.47. The van der Waals surface area contributed by atoms with Gasteiger partial charge in [0.2, 0.25) is 0 Å². The van der Waals surface area contributed by atoms with Crippen LogP contribution < -0.4 is 10.2 Å². The molecule has 0 aliphatic carbocycles. The van der Waals surface area contributed by atoms with Crippen LogP contribution in [0, 0.1) is 5.82 Å². The van der Waals surface area contributed by atoms with E-state index in [1.807, 2.05) is 23.1 Å². The number of likely N-dealkylation sites (tertiary alicyclic amines) is 1. The summed E-state index contributed by atoms with van der Waals surface area (Å²) in [6.45, 7) is 2.67. The number of nitrogens with zero attached hydrogens (tertiary/aromatic N) is 5. The summed E-state index contributed by atoms with van der Waals surface area (Å²) in [7, 11) is -4.80. The summed E-state index contributed by atoms with van der Waals surface area (Å²) in [6.07, 6.45) is -3.69. The maximum atomic E-state index is 14.9. The molecule has 1 unspecified atom stereocenters. The number of halogens is 6. The van der Waals surface area contributed by atoms with Crippen LogP contribution in [0.1, 0.15) is 30.2 Å². The number of carbonyl (C=O) groups excluding carboxylic acids is 1. The second-order valence-corrected chi connectivity index (χ2v) is 14.9. The summed E-state index contributed by atoms with van der Waals surface area (Å²) in [6, 6.07) is 14.4. The lowest BCUT2D eigenvalue weighted by Crippen LogP contribution is -2.62. The van der Waals surface area contributed by atoms with E-state index < -0.39 is 67.3 Å². The van der Waals surface area contributed by atoms with Crippen LogP contribution in [0.25, 0.3) is 11.3 Å². The van der Waals surface area contributed by atoms with Crippen LogP contribution in [0.2, 0.25) is 0 Å². The lowest BCUT2D eigenvalue weighted by Gasteiger charge is -2.35. The SMILES string of the molecule is C[C@@H]1CC(F)(F)C[N+]1(C(=O)NCc1cc(-c2ccc(C(F)(F)F)cc2)nc(N2CCN(Cc3ccccn3)CC2)c1)S(=O)(=O)c1ccc(F)cc1. The maximum Gasteiger partial charge on any atom is 0.432 e. The summed E-state index contributed by atoms with van der Waals surface area (Å²) in [5, 5.41) is 2.55. The molecule has 6 rings (SSSR count). The van der Waals surface area contributed by atoms with Crippen LogP contribution in [0.4, 0.5) is 37.0 Å². The minimum Gasteiger partial charge on any atom is -0.354 e. The molecule has 4 aromatic rings. The van der Waals surface area contributed by atoms with Gasteiger partial charge in [0, 0.05) is 51.0 Å². The maximum absolute atomic E-state index is 14.9. The number of hydrogen-bond donors (Lipinski definition) is 1. The third-order valence-electron chi connectivity index (χ3n) is 9.29. The number of quaternary nitrogens is 1. The monoisotopic (exact) mass is 733 g/mol. The number of aromatic nitrogens is 2. The van der Waals surface area contributed by atoms with Crippen molar-refractivity contribution in [2.75, 3.05) is 37.6 Å². The first-order chi connectivity index (χ1) is 24.1. The number of benzene rings is 2. The molecule has 0 spiro atoms. The molecule has 2 aliphatic heterocycles. The third kappa shape index (κ3) is 7.58. The predicted molar refractivity (Wildman–Crippen MR) is 176 cm³/mol. The fourth-order valence-corrected chi connectivity index (χ4v) is 8.67. The normalized spacial score (nSPS) is 21.1. The minimum atomic E-state index is -4.80. The first-order valence-corrected chi connectivity index (χ1v) is 17.6. The Labute approximate surface area is 291 Å². The fraction of sp³-hybridized carbons (Fsp3) is 0.343. The van der Waals surface area contributed by atoms with E-state index in [1.54, 1.807) is 18.3 Å². The largest absolute Gasteiger partial charge is 0.432 e. The molecule has 2 atom stereocenters. The highest BCUT2D eigenvalue weighted by Crippen LogP contribution is 2.43. The van der Waals surface area contributed by atoms with Gasteiger partial charge < -0.3 is 10.2 Å². The van der Waals surface area contributed by atoms with Crippen LogP contribution in [0.3, 0.4) is 0 Å². The molecule has 270 valence electrons. The number of amides is 2. The summed E-state index contributed by atoms with van der Waals surface area (Å²) < 4.78 is 109. The highest BCUT2D eigenvalue weighted by molar-refractivity contribution is 7.86. The van der Waals surface area contributed by atoms with Gasteiger partial charge in [-0.05, 0) is 73.2 Å². The molecule has 2 fully saturated rings. The van der Waals surface area contributed by atoms with Gasteiger partial charge in [0.1, 0.15) is 22.6 Å². The molecule has 2 amide bonds. The average molecular weight is 734 g/mol. The fourth-order valence-electron chi connectivity index (χ4n) is 6.62. The third-order valence-corrected chi connectivity index (χ3v) is 11.7. The molecule has 2 aromatic heterocycles. The Bertz CT molecular complexity index is 1970. The Hall–Kier alpha value is -4.54. The molecule has 51 heavy (non-hydrogen) atoms. The molecule has 2 aliphatic rings. The number of alkyl halides is 5. The molecular weight excluding hydrogens is 698 g/mol. The number of rotatable bonds is 8. The van der Waals surface area contributed by atoms with Crippen molar-refractivity contribution in [1.82, 2.24) is 20.2 Å². The Morgan fingerprint density at radius 1 is 0.980 bits per heavy atom. The average Bonchev–Trinajstić information content (AvgIpc) is 3.37. The molecule has 2 saturated heterocycles. The van der Waals surface area contributed by atoms with Crippen LogP contribution in [0.5, 0.6) is 0 Å². The van der Waals surface area contributed by atoms with Gasteiger partial charge in [-0.25, -0.2) is 22.9 Å². The zero-order valence-electron chi connectivity index (χ0n) is 27.5. The van der Waals surface area contributed by atoms with E-state index in [-0.39, 0.29) is 6.54 Å². The quantitative estimate of drug-likeness (QED) is 0.164. The molecule has 16 heteroatoms. The van der Waals surface area contributed by atoms with Gasteiger partial charge in [-0.2, -0.15) is 21.6 Å². The summed E-state index contributed by atoms with van der Waals surface area (Å²) in [5.41, 5.74) is 1.15. The smallest absolute Gasteiger partial charge is 0.354 e. The van der Waals surface area contributed by atoms with Crippen molar-refractivity contribution in [2.45, 2.75) is 49.5 Å². The number of hydrogen-bond acceptors (Lipinski definition) is 7. The number of nitrogens with one attached hydrogen (secondary N) is 1. The van der Waals surface area contributed by atoms with Crippen molar-refractivity contribution >= 4 is 21.9 Å². The lowest BCUT2D eigenvalue weighted by molar-refractivity contribution is -0.738. The van der Waals surface area contributed by atoms with Crippen molar-refractivity contribution in [3.8, 4) is 11.3 Å². The van der Waals surface area contributed by atoms with E-state index in [2.05, 4.69) is 15.2 Å². The molecule has 9 nitrogen and oxygen atoms in total. The van der Waals surface area contributed by atoms with Gasteiger partial charge in [0.05, 0.1) is 23.4 Å². The van der Waals surface area contributed by atoms with Gasteiger partial charge in [-0.15, -0.1) is 3.89 Å². The van der Waals surface area contributed by atoms with Crippen molar-refractivity contribution in [3.63, 3.8) is 0 Å². The first-order valence-electron chi connectivity index (χ1n) is 16.2. The van der Waals surface area contributed by atoms with Gasteiger partial charge in [-0.3, -0.25) is 9.88 Å². The number of sulfonamides is 1. The van der Waals surface area contributed by atoms with Crippen LogP contribution in [-0.4, -0.2) is 77.9 Å². The van der Waals surface area contributed by atoms with E-state index in [9.17, 15) is 39.6 Å². The van der Waals surface area contributed by atoms with E-state index >= 15 is 0 Å². The van der Waals surface area contributed by atoms with Gasteiger partial charge in [-0.1, -0.05) is 18.2 Å². The number of urea groups is 1. The molecule has 0 bridgehead atoms. The topological polar surface area (TPSA) is 95.5 Å². The van der Waals surface area contributed by atoms with Crippen LogP contribution >= 0.6 is 0 Å². The second-order valence-electron chi connectivity index (χ2n) is 12.8. The Morgan fingerprint density at radius 3 is 2.25 bits per heavy atom. The molecule has 1 N–H and O–H groups in total. The van der Waals surface area contributed by atoms with Gasteiger partial charge in [0.25, 0.3) is 0 Å². The van der Waals surface area contributed by atoms with E-state index in [1.165, 1.54) is 19.1 Å². The number of carbonyl (C=O) groups is 1. The Morgan fingerprint density at radius 2 is 1.67 bits per heavy atom. The standard InChI is InChI=1S/C35H34F6N6O3S/c1-24-20-34(37,38)23-47(24,51(49,50)30-11-9-28(36)10-12-30)33(48)43-21-25-18-31(26-5-7-27(8-6-26)35(39,40)41)44-32(19-25)46-16-14-45(15-17-46)22-29-4-2-3-13-42-29/h2-13,18-19,24H,14-17,20-23H2,1H3/p+1/t24-,47?/m1/s1. The van der Waals surface area contributed by atoms with E-state index in [0.717, 1.165) is 42.1 Å². The van der Waals surface area contributed by atoms with E-state index in [0.29, 0.717) is 55.4 Å². The molecule has 2 aromatic carbocycles. The number of pyridine rings is 2. The Balaban J connectivity index is 1.29. The van der Waals surface area contributed by atoms with Crippen molar-refractivity contribution in [3.05, 3.63) is 108 Å². The summed E-state index contributed by atoms with van der Waals surface area (Å²) in [4.78, 5) is 26.8. The Kier molecular flexibility index (Phi) is 9.87. The van der Waals surface area contributed by atoms with Crippen LogP contribution in [-0.2, 0) is 29.3 Å². The molecule has 0 saturated carbocycles. The first kappa shape index (κ1) is 36.3. The van der Waals surface area contributed by atoms with Crippen molar-refractivity contribution in [1.29, 1.82) is 0 Å². The van der Waals surface area contributed by atoms with Crippen LogP contribution in [0.15, 0.2) is 90.0 Å². The highest BCUT2D eigenvalue weighted by atomic mass is 32.2. The summed E-state index contributed by atoms with van der Waals surface area (Å²) >= 11 is 0.